The van der Waals surface area contributed by atoms with E-state index in [2.05, 4.69) is 5.32 Å². The van der Waals surface area contributed by atoms with Crippen molar-refractivity contribution < 1.29 is 4.57 Å². The first-order valence-corrected chi connectivity index (χ1v) is 5.25. The maximum absolute atomic E-state index is 10.4. The van der Waals surface area contributed by atoms with Crippen molar-refractivity contribution in [1.29, 1.82) is 0 Å². The molecule has 1 N–H and O–H groups in total. The van der Waals surface area contributed by atoms with Crippen LogP contribution in [0.2, 0.25) is 0 Å². The molecule has 0 amide bonds. The van der Waals surface area contributed by atoms with Crippen LogP contribution in [-0.2, 0) is 11.1 Å². The van der Waals surface area contributed by atoms with E-state index >= 15 is 0 Å². The van der Waals surface area contributed by atoms with E-state index < -0.39 is 0 Å². The Kier molecular flexibility index (Phi) is 7.47. The normalized spacial score (nSPS) is 9.15. The van der Waals surface area contributed by atoms with Crippen LogP contribution in [0.25, 0.3) is 0 Å². The van der Waals surface area contributed by atoms with Crippen molar-refractivity contribution in [2.45, 2.75) is 20.4 Å². The van der Waals surface area contributed by atoms with E-state index in [1.807, 2.05) is 45.2 Å². The zero-order chi connectivity index (χ0) is 10.1. The average Bonchev–Trinajstić information content (AvgIpc) is 2.23. The van der Waals surface area contributed by atoms with Crippen LogP contribution in [0.1, 0.15) is 19.4 Å². The summed E-state index contributed by atoms with van der Waals surface area (Å²) in [4.78, 5) is 0. The highest BCUT2D eigenvalue weighted by Gasteiger charge is 1.91. The van der Waals surface area contributed by atoms with Crippen molar-refractivity contribution in [2.75, 3.05) is 7.05 Å². The Morgan fingerprint density at radius 2 is 1.77 bits per heavy atom. The fraction of sp³-hybridized carbons (Fsp3) is 0.400. The Morgan fingerprint density at radius 3 is 2.15 bits per heavy atom. The van der Waals surface area contributed by atoms with Crippen LogP contribution in [0.15, 0.2) is 24.3 Å². The molecule has 1 rings (SSSR count). The monoisotopic (exact) mass is 197 g/mol. The van der Waals surface area contributed by atoms with Gasteiger partial charge in [-0.15, -0.1) is 0 Å². The molecule has 1 aromatic carbocycles. The van der Waals surface area contributed by atoms with E-state index in [1.165, 1.54) is 5.56 Å². The van der Waals surface area contributed by atoms with Gasteiger partial charge >= 0.3 is 0 Å². The predicted molar refractivity (Wildman–Crippen MR) is 57.8 cm³/mol. The van der Waals surface area contributed by atoms with Gasteiger partial charge in [-0.1, -0.05) is 26.0 Å². The standard InChI is InChI=1S/C8H10NOP.C2H6/c1-9-6-7-2-4-8(11-10)5-3-7;1-2/h2-5,9H,6H2,1H3;1-2H3. The van der Waals surface area contributed by atoms with E-state index in [0.717, 1.165) is 11.8 Å². The van der Waals surface area contributed by atoms with Crippen LogP contribution in [0.4, 0.5) is 0 Å². The molecule has 0 fully saturated rings. The number of rotatable bonds is 3. The largest absolute Gasteiger partial charge is 0.316 e. The number of hydrogen-bond donors (Lipinski definition) is 1. The van der Waals surface area contributed by atoms with Gasteiger partial charge in [-0.3, -0.25) is 4.57 Å². The average molecular weight is 197 g/mol. The molecule has 0 saturated heterocycles. The first kappa shape index (κ1) is 12.3. The summed E-state index contributed by atoms with van der Waals surface area (Å²) in [5.41, 5.74) is 1.21. The van der Waals surface area contributed by atoms with Crippen molar-refractivity contribution in [3.8, 4) is 0 Å². The molecule has 0 radical (unpaired) electrons. The lowest BCUT2D eigenvalue weighted by Crippen LogP contribution is -2.05. The third kappa shape index (κ3) is 4.76. The van der Waals surface area contributed by atoms with Gasteiger partial charge in [-0.2, -0.15) is 0 Å². The zero-order valence-electron chi connectivity index (χ0n) is 8.37. The maximum atomic E-state index is 10.4. The fourth-order valence-electron chi connectivity index (χ4n) is 0.879. The van der Waals surface area contributed by atoms with Gasteiger partial charge in [0.2, 0.25) is 0 Å². The first-order valence-electron chi connectivity index (χ1n) is 4.43. The highest BCUT2D eigenvalue weighted by molar-refractivity contribution is 7.34. The molecule has 0 saturated carbocycles. The summed E-state index contributed by atoms with van der Waals surface area (Å²) in [5.74, 6) is 0. The number of benzene rings is 1. The summed E-state index contributed by atoms with van der Waals surface area (Å²) in [5, 5.41) is 3.87. The molecule has 0 aliphatic carbocycles. The lowest BCUT2D eigenvalue weighted by Gasteiger charge is -1.97. The third-order valence-electron chi connectivity index (χ3n) is 1.42. The van der Waals surface area contributed by atoms with Crippen LogP contribution < -0.4 is 10.6 Å². The number of nitrogens with one attached hydrogen (secondary N) is 1. The molecule has 0 aliphatic rings. The topological polar surface area (TPSA) is 29.1 Å². The van der Waals surface area contributed by atoms with Crippen LogP contribution >= 0.6 is 8.46 Å². The molecule has 0 aliphatic heterocycles. The second kappa shape index (κ2) is 7.90. The molecule has 1 aromatic rings. The van der Waals surface area contributed by atoms with E-state index in [-0.39, 0.29) is 8.46 Å². The summed E-state index contributed by atoms with van der Waals surface area (Å²) in [6, 6.07) is 7.66. The van der Waals surface area contributed by atoms with Gasteiger partial charge in [0.05, 0.1) is 0 Å². The SMILES string of the molecule is CC.CNCc1ccc(P=O)cc1. The minimum Gasteiger partial charge on any atom is -0.316 e. The van der Waals surface area contributed by atoms with Gasteiger partial charge < -0.3 is 5.32 Å². The van der Waals surface area contributed by atoms with Crippen LogP contribution in [-0.4, -0.2) is 7.05 Å². The molecule has 0 unspecified atom stereocenters. The van der Waals surface area contributed by atoms with Crippen molar-refractivity contribution >= 4 is 13.8 Å². The summed E-state index contributed by atoms with van der Waals surface area (Å²) >= 11 is 0. The molecular formula is C10H16NOP. The Hall–Kier alpha value is -0.720. The first-order chi connectivity index (χ1) is 6.36. The zero-order valence-corrected chi connectivity index (χ0v) is 9.27. The summed E-state index contributed by atoms with van der Waals surface area (Å²) < 4.78 is 10.4. The summed E-state index contributed by atoms with van der Waals surface area (Å²) in [6.45, 7) is 4.86. The molecule has 2 nitrogen and oxygen atoms in total. The molecule has 0 spiro atoms. The third-order valence-corrected chi connectivity index (χ3v) is 1.93. The van der Waals surface area contributed by atoms with Crippen molar-refractivity contribution in [2.24, 2.45) is 0 Å². The lowest BCUT2D eigenvalue weighted by molar-refractivity contribution is 0.603. The van der Waals surface area contributed by atoms with E-state index in [9.17, 15) is 4.57 Å². The second-order valence-electron chi connectivity index (χ2n) is 2.29. The summed E-state index contributed by atoms with van der Waals surface area (Å²) in [6.07, 6.45) is 0. The molecular weight excluding hydrogens is 181 g/mol. The Morgan fingerprint density at radius 1 is 1.23 bits per heavy atom. The molecule has 72 valence electrons. The quantitative estimate of drug-likeness (QED) is 0.753. The van der Waals surface area contributed by atoms with E-state index in [4.69, 9.17) is 0 Å². The van der Waals surface area contributed by atoms with Gasteiger partial charge in [0.1, 0.15) is 0 Å². The van der Waals surface area contributed by atoms with E-state index in [1.54, 1.807) is 0 Å². The van der Waals surface area contributed by atoms with Crippen molar-refractivity contribution in [1.82, 2.24) is 5.32 Å². The Labute approximate surface area is 81.6 Å². The van der Waals surface area contributed by atoms with Gasteiger partial charge in [0.25, 0.3) is 0 Å². The van der Waals surface area contributed by atoms with Gasteiger partial charge in [0, 0.05) is 11.8 Å². The smallest absolute Gasteiger partial charge is 0.192 e. The van der Waals surface area contributed by atoms with Crippen LogP contribution in [0, 0.1) is 0 Å². The Balaban J connectivity index is 0.000000671. The highest BCUT2D eigenvalue weighted by atomic mass is 31.1. The molecule has 0 bridgehead atoms. The maximum Gasteiger partial charge on any atom is 0.192 e. The minimum absolute atomic E-state index is 0.0916. The summed E-state index contributed by atoms with van der Waals surface area (Å²) in [7, 11) is 1.99. The predicted octanol–water partition coefficient (Wildman–Crippen LogP) is 2.35. The van der Waals surface area contributed by atoms with Crippen LogP contribution in [0.5, 0.6) is 0 Å². The van der Waals surface area contributed by atoms with Gasteiger partial charge in [-0.05, 0) is 24.7 Å². The number of hydrogen-bond acceptors (Lipinski definition) is 2. The molecule has 0 atom stereocenters. The molecule has 0 heterocycles. The lowest BCUT2D eigenvalue weighted by atomic mass is 10.2. The van der Waals surface area contributed by atoms with Crippen molar-refractivity contribution in [3.05, 3.63) is 29.8 Å². The molecule has 13 heavy (non-hydrogen) atoms. The molecule has 3 heteroatoms. The molecule has 0 aromatic heterocycles. The van der Waals surface area contributed by atoms with Crippen LogP contribution in [0.3, 0.4) is 0 Å². The van der Waals surface area contributed by atoms with Gasteiger partial charge in [0.15, 0.2) is 8.46 Å². The van der Waals surface area contributed by atoms with Crippen molar-refractivity contribution in [3.63, 3.8) is 0 Å². The minimum atomic E-state index is 0.0916. The van der Waals surface area contributed by atoms with E-state index in [0.29, 0.717) is 0 Å². The highest BCUT2D eigenvalue weighted by Crippen LogP contribution is 2.00. The van der Waals surface area contributed by atoms with Gasteiger partial charge in [-0.25, -0.2) is 0 Å². The second-order valence-corrected chi connectivity index (χ2v) is 2.99. The fourth-order valence-corrected chi connectivity index (χ4v) is 1.15. The Bertz CT molecular complexity index is 233.